The van der Waals surface area contributed by atoms with Crippen LogP contribution in [0.25, 0.3) is 11.0 Å². The summed E-state index contributed by atoms with van der Waals surface area (Å²) in [6.07, 6.45) is 6.51. The molecular formula is C20H23N5O2S. The third-order valence-corrected chi connectivity index (χ3v) is 7.67. The number of rotatable bonds is 3. The van der Waals surface area contributed by atoms with E-state index >= 15 is 0 Å². The van der Waals surface area contributed by atoms with E-state index in [9.17, 15) is 8.42 Å². The molecule has 0 radical (unpaired) electrons. The monoisotopic (exact) mass is 397 g/mol. The van der Waals surface area contributed by atoms with Gasteiger partial charge in [0.2, 0.25) is 0 Å². The molecule has 1 spiro atoms. The van der Waals surface area contributed by atoms with E-state index in [0.717, 1.165) is 42.8 Å². The highest BCUT2D eigenvalue weighted by Crippen LogP contribution is 2.34. The van der Waals surface area contributed by atoms with Crippen LogP contribution in [0.4, 0.5) is 5.82 Å². The third-order valence-electron chi connectivity index (χ3n) is 5.98. The number of nitrogens with one attached hydrogen (secondary N) is 1. The number of benzene rings is 1. The Morgan fingerprint density at radius 1 is 1.11 bits per heavy atom. The Kier molecular flexibility index (Phi) is 3.96. The summed E-state index contributed by atoms with van der Waals surface area (Å²) >= 11 is 0. The van der Waals surface area contributed by atoms with Crippen LogP contribution in [0.15, 0.2) is 47.8 Å². The van der Waals surface area contributed by atoms with Gasteiger partial charge >= 0.3 is 0 Å². The van der Waals surface area contributed by atoms with Gasteiger partial charge in [-0.2, -0.15) is 0 Å². The molecule has 1 unspecified atom stereocenters. The van der Waals surface area contributed by atoms with Gasteiger partial charge in [-0.15, -0.1) is 0 Å². The Labute approximate surface area is 164 Å². The van der Waals surface area contributed by atoms with Crippen molar-refractivity contribution in [1.29, 1.82) is 0 Å². The number of aromatic nitrogens is 3. The van der Waals surface area contributed by atoms with Gasteiger partial charge in [0, 0.05) is 24.8 Å². The van der Waals surface area contributed by atoms with Crippen molar-refractivity contribution in [2.45, 2.75) is 36.6 Å². The first kappa shape index (κ1) is 17.6. The maximum atomic E-state index is 13.1. The average Bonchev–Trinajstić information content (AvgIpc) is 3.12. The minimum Gasteiger partial charge on any atom is -0.354 e. The van der Waals surface area contributed by atoms with Crippen LogP contribution in [0.1, 0.15) is 24.8 Å². The Morgan fingerprint density at radius 3 is 2.61 bits per heavy atom. The van der Waals surface area contributed by atoms with E-state index in [-0.39, 0.29) is 10.4 Å². The van der Waals surface area contributed by atoms with Crippen molar-refractivity contribution in [3.63, 3.8) is 0 Å². The van der Waals surface area contributed by atoms with E-state index in [4.69, 9.17) is 0 Å². The summed E-state index contributed by atoms with van der Waals surface area (Å²) in [7, 11) is -3.71. The van der Waals surface area contributed by atoms with E-state index in [2.05, 4.69) is 20.2 Å². The van der Waals surface area contributed by atoms with E-state index in [1.807, 2.05) is 13.0 Å². The quantitative estimate of drug-likeness (QED) is 0.731. The maximum absolute atomic E-state index is 13.1. The summed E-state index contributed by atoms with van der Waals surface area (Å²) in [6.45, 7) is 4.82. The Bertz CT molecular complexity index is 1130. The first-order valence-corrected chi connectivity index (χ1v) is 11.1. The smallest absolute Gasteiger partial charge is 0.269 e. The van der Waals surface area contributed by atoms with E-state index in [1.54, 1.807) is 30.5 Å². The summed E-state index contributed by atoms with van der Waals surface area (Å²) in [5.74, 6) is 0.815. The van der Waals surface area contributed by atoms with Crippen LogP contribution in [0.2, 0.25) is 0 Å². The molecule has 1 atom stereocenters. The van der Waals surface area contributed by atoms with Gasteiger partial charge in [0.1, 0.15) is 12.1 Å². The fraction of sp³-hybridized carbons (Fsp3) is 0.400. The Hall–Kier alpha value is -2.45. The SMILES string of the molecule is Cc1ccc(S(=O)(=O)n2ccc3c(N4CCCC5(CCN5)C4)ncnc32)cc1. The van der Waals surface area contributed by atoms with Crippen LogP contribution in [-0.4, -0.2) is 47.5 Å². The molecular weight excluding hydrogens is 374 g/mol. The standard InChI is InChI=1S/C20H23N5O2S/c1-15-3-5-16(6-4-15)28(26,27)25-12-7-17-18(21-14-22-19(17)25)24-11-2-8-20(13-24)9-10-23-20/h3-7,12,14,23H,2,8-11,13H2,1H3. The molecule has 7 nitrogen and oxygen atoms in total. The van der Waals surface area contributed by atoms with Gasteiger partial charge in [0.05, 0.1) is 10.3 Å². The van der Waals surface area contributed by atoms with Crippen LogP contribution in [0.3, 0.4) is 0 Å². The van der Waals surface area contributed by atoms with Crippen LogP contribution in [0, 0.1) is 6.92 Å². The van der Waals surface area contributed by atoms with Gasteiger partial charge in [0.25, 0.3) is 10.0 Å². The molecule has 0 aliphatic carbocycles. The lowest BCUT2D eigenvalue weighted by atomic mass is 9.80. The number of hydrogen-bond donors (Lipinski definition) is 1. The molecule has 1 aromatic carbocycles. The minimum atomic E-state index is -3.71. The summed E-state index contributed by atoms with van der Waals surface area (Å²) in [6, 6.07) is 8.69. The van der Waals surface area contributed by atoms with E-state index in [0.29, 0.717) is 5.65 Å². The fourth-order valence-corrected chi connectivity index (χ4v) is 5.63. The highest BCUT2D eigenvalue weighted by molar-refractivity contribution is 7.90. The first-order valence-electron chi connectivity index (χ1n) is 9.63. The second-order valence-electron chi connectivity index (χ2n) is 7.85. The predicted molar refractivity (Wildman–Crippen MR) is 108 cm³/mol. The molecule has 0 saturated carbocycles. The first-order chi connectivity index (χ1) is 13.5. The number of fused-ring (bicyclic) bond motifs is 1. The largest absolute Gasteiger partial charge is 0.354 e. The van der Waals surface area contributed by atoms with Gasteiger partial charge in [-0.3, -0.25) is 0 Å². The number of aryl methyl sites for hydroxylation is 1. The molecule has 2 saturated heterocycles. The number of nitrogens with zero attached hydrogens (tertiary/aromatic N) is 4. The number of hydrogen-bond acceptors (Lipinski definition) is 6. The molecule has 4 heterocycles. The molecule has 3 aromatic rings. The van der Waals surface area contributed by atoms with Crippen LogP contribution in [-0.2, 0) is 10.0 Å². The highest BCUT2D eigenvalue weighted by Gasteiger charge is 2.40. The zero-order valence-corrected chi connectivity index (χ0v) is 16.6. The molecule has 0 bridgehead atoms. The third kappa shape index (κ3) is 2.70. The van der Waals surface area contributed by atoms with Crippen molar-refractivity contribution in [2.24, 2.45) is 0 Å². The molecule has 2 fully saturated rings. The van der Waals surface area contributed by atoms with Gasteiger partial charge in [-0.05, 0) is 50.9 Å². The molecule has 2 aliphatic heterocycles. The molecule has 2 aromatic heterocycles. The average molecular weight is 398 g/mol. The summed E-state index contributed by atoms with van der Waals surface area (Å²) < 4.78 is 27.6. The topological polar surface area (TPSA) is 80.1 Å². The highest BCUT2D eigenvalue weighted by atomic mass is 32.2. The van der Waals surface area contributed by atoms with Gasteiger partial charge < -0.3 is 10.2 Å². The summed E-state index contributed by atoms with van der Waals surface area (Å²) in [4.78, 5) is 11.3. The molecule has 1 N–H and O–H groups in total. The second-order valence-corrected chi connectivity index (χ2v) is 9.66. The fourth-order valence-electron chi connectivity index (χ4n) is 4.32. The number of anilines is 1. The molecule has 8 heteroatoms. The van der Waals surface area contributed by atoms with Gasteiger partial charge in [-0.25, -0.2) is 22.4 Å². The zero-order chi connectivity index (χ0) is 19.4. The summed E-state index contributed by atoms with van der Waals surface area (Å²) in [5, 5.41) is 4.35. The Morgan fingerprint density at radius 2 is 1.89 bits per heavy atom. The molecule has 5 rings (SSSR count). The van der Waals surface area contributed by atoms with Gasteiger partial charge in [0.15, 0.2) is 5.65 Å². The molecule has 146 valence electrons. The molecule has 0 amide bonds. The van der Waals surface area contributed by atoms with E-state index in [1.165, 1.54) is 23.1 Å². The lowest BCUT2D eigenvalue weighted by Crippen LogP contribution is -2.65. The van der Waals surface area contributed by atoms with Crippen LogP contribution >= 0.6 is 0 Å². The van der Waals surface area contributed by atoms with Crippen molar-refractivity contribution in [2.75, 3.05) is 24.5 Å². The van der Waals surface area contributed by atoms with Crippen molar-refractivity contribution in [3.8, 4) is 0 Å². The molecule has 28 heavy (non-hydrogen) atoms. The zero-order valence-electron chi connectivity index (χ0n) is 15.8. The minimum absolute atomic E-state index is 0.187. The normalized spacial score (nSPS) is 22.5. The van der Waals surface area contributed by atoms with Crippen molar-refractivity contribution in [1.82, 2.24) is 19.3 Å². The lowest BCUT2D eigenvalue weighted by Gasteiger charge is -2.50. The number of piperidine rings is 1. The van der Waals surface area contributed by atoms with Crippen molar-refractivity contribution >= 4 is 26.9 Å². The van der Waals surface area contributed by atoms with Crippen molar-refractivity contribution in [3.05, 3.63) is 48.4 Å². The Balaban J connectivity index is 1.56. The van der Waals surface area contributed by atoms with E-state index < -0.39 is 10.0 Å². The summed E-state index contributed by atoms with van der Waals surface area (Å²) in [5.41, 5.74) is 1.63. The maximum Gasteiger partial charge on any atom is 0.269 e. The van der Waals surface area contributed by atoms with Crippen molar-refractivity contribution < 1.29 is 8.42 Å². The lowest BCUT2D eigenvalue weighted by molar-refractivity contribution is 0.174. The van der Waals surface area contributed by atoms with Crippen LogP contribution in [0.5, 0.6) is 0 Å². The van der Waals surface area contributed by atoms with Crippen LogP contribution < -0.4 is 10.2 Å². The second kappa shape index (κ2) is 6.28. The predicted octanol–water partition coefficient (Wildman–Crippen LogP) is 2.31. The molecule has 2 aliphatic rings. The van der Waals surface area contributed by atoms with Gasteiger partial charge in [-0.1, -0.05) is 17.7 Å².